The molecule has 1 saturated heterocycles. The number of hydrogen-bond donors (Lipinski definition) is 0. The Morgan fingerprint density at radius 1 is 1.05 bits per heavy atom. The number of anilines is 1. The van der Waals surface area contributed by atoms with Crippen LogP contribution in [0.2, 0.25) is 0 Å². The van der Waals surface area contributed by atoms with Gasteiger partial charge in [0.25, 0.3) is 0 Å². The number of carbonyl (C=O) groups is 1. The molecule has 1 aliphatic rings. The number of amides is 1. The van der Waals surface area contributed by atoms with Gasteiger partial charge < -0.3 is 18.7 Å². The van der Waals surface area contributed by atoms with Crippen LogP contribution in [0.25, 0.3) is 16.9 Å². The van der Waals surface area contributed by atoms with Crippen LogP contribution in [0.15, 0.2) is 36.7 Å². The second-order valence-electron chi connectivity index (χ2n) is 9.37. The Bertz CT molecular complexity index is 1500. The Hall–Kier alpha value is -4.06. The van der Waals surface area contributed by atoms with Gasteiger partial charge in [-0.25, -0.2) is 14.8 Å². The monoisotopic (exact) mass is 552 g/mol. The number of piperazine rings is 1. The molecule has 11 nitrogen and oxygen atoms in total. The fourth-order valence-corrected chi connectivity index (χ4v) is 4.22. The van der Waals surface area contributed by atoms with Crippen LogP contribution in [0.3, 0.4) is 0 Å². The van der Waals surface area contributed by atoms with Crippen molar-refractivity contribution in [2.24, 2.45) is 0 Å². The fraction of sp³-hybridized carbons (Fsp3) is 0.391. The van der Waals surface area contributed by atoms with E-state index in [-0.39, 0.29) is 17.0 Å². The lowest BCUT2D eigenvalue weighted by Gasteiger charge is -2.36. The summed E-state index contributed by atoms with van der Waals surface area (Å²) in [6.07, 6.45) is 2.24. The van der Waals surface area contributed by atoms with Crippen LogP contribution in [-0.4, -0.2) is 71.1 Å². The lowest BCUT2D eigenvalue weighted by atomic mass is 10.1. The minimum atomic E-state index is -5.92. The SMILES string of the molecule is CC(C)(C)OC(=O)N1CCN(c2ccc(-c3cc(OS(=O)(=O)C(F)(F)F)cc4ncc(C#N)n34)cn2)CC1. The molecule has 1 amide bonds. The minimum absolute atomic E-state index is 0.00812. The maximum atomic E-state index is 12.9. The van der Waals surface area contributed by atoms with Crippen molar-refractivity contribution in [1.29, 1.82) is 5.26 Å². The van der Waals surface area contributed by atoms with Gasteiger partial charge >= 0.3 is 21.7 Å². The molecule has 4 heterocycles. The minimum Gasteiger partial charge on any atom is -0.444 e. The van der Waals surface area contributed by atoms with Crippen molar-refractivity contribution in [3.8, 4) is 23.1 Å². The lowest BCUT2D eigenvalue weighted by molar-refractivity contribution is -0.0500. The number of ether oxygens (including phenoxy) is 1. The molecule has 0 bridgehead atoms. The van der Waals surface area contributed by atoms with E-state index in [1.807, 2.05) is 11.0 Å². The average molecular weight is 553 g/mol. The highest BCUT2D eigenvalue weighted by Crippen LogP contribution is 2.32. The molecule has 0 unspecified atom stereocenters. The number of hydrogen-bond acceptors (Lipinski definition) is 9. The van der Waals surface area contributed by atoms with Crippen molar-refractivity contribution in [3.63, 3.8) is 0 Å². The van der Waals surface area contributed by atoms with E-state index < -0.39 is 33.1 Å². The van der Waals surface area contributed by atoms with Crippen LogP contribution in [0.1, 0.15) is 26.5 Å². The zero-order valence-corrected chi connectivity index (χ0v) is 21.4. The highest BCUT2D eigenvalue weighted by atomic mass is 32.2. The Balaban J connectivity index is 1.59. The molecular weight excluding hydrogens is 529 g/mol. The first kappa shape index (κ1) is 27.0. The Morgan fingerprint density at radius 2 is 1.74 bits per heavy atom. The Kier molecular flexibility index (Phi) is 6.87. The molecule has 0 aliphatic carbocycles. The Labute approximate surface area is 216 Å². The highest BCUT2D eigenvalue weighted by Gasteiger charge is 2.48. The van der Waals surface area contributed by atoms with Crippen molar-refractivity contribution < 1.29 is 35.3 Å². The molecule has 3 aromatic heterocycles. The van der Waals surface area contributed by atoms with Crippen LogP contribution in [0.4, 0.5) is 23.8 Å². The summed E-state index contributed by atoms with van der Waals surface area (Å²) in [5.74, 6) is -0.0331. The zero-order chi connectivity index (χ0) is 27.9. The molecule has 38 heavy (non-hydrogen) atoms. The number of alkyl halides is 3. The van der Waals surface area contributed by atoms with Gasteiger partial charge in [0.15, 0.2) is 0 Å². The van der Waals surface area contributed by atoms with Gasteiger partial charge in [-0.3, -0.25) is 4.40 Å². The van der Waals surface area contributed by atoms with Crippen molar-refractivity contribution in [3.05, 3.63) is 42.4 Å². The second kappa shape index (κ2) is 9.67. The summed E-state index contributed by atoms with van der Waals surface area (Å²) in [6, 6.07) is 7.28. The van der Waals surface area contributed by atoms with E-state index in [1.165, 1.54) is 16.8 Å². The van der Waals surface area contributed by atoms with E-state index in [4.69, 9.17) is 4.74 Å². The third-order valence-corrected chi connectivity index (χ3v) is 6.46. The molecule has 0 spiro atoms. The third-order valence-electron chi connectivity index (χ3n) is 5.48. The standard InChI is InChI=1S/C23H23F3N6O5S/c1-22(2,3)36-21(33)31-8-6-30(7-9-31)19-5-4-15(13-28-19)18-10-17(37-38(34,35)23(24,25)26)11-20-29-14-16(12-27)32(18)20/h4-5,10-11,13-14H,6-9H2,1-3H3. The smallest absolute Gasteiger partial charge is 0.444 e. The van der Waals surface area contributed by atoms with Gasteiger partial charge in [-0.05, 0) is 32.9 Å². The molecule has 0 radical (unpaired) electrons. The molecule has 0 saturated carbocycles. The summed E-state index contributed by atoms with van der Waals surface area (Å²) < 4.78 is 72.7. The van der Waals surface area contributed by atoms with Crippen molar-refractivity contribution >= 4 is 27.7 Å². The van der Waals surface area contributed by atoms with Crippen LogP contribution in [0, 0.1) is 11.3 Å². The molecule has 4 rings (SSSR count). The van der Waals surface area contributed by atoms with E-state index in [2.05, 4.69) is 14.2 Å². The maximum Gasteiger partial charge on any atom is 0.534 e. The van der Waals surface area contributed by atoms with Crippen LogP contribution >= 0.6 is 0 Å². The van der Waals surface area contributed by atoms with Gasteiger partial charge in [-0.15, -0.1) is 0 Å². The number of halogens is 3. The predicted molar refractivity (Wildman–Crippen MR) is 129 cm³/mol. The maximum absolute atomic E-state index is 12.9. The number of pyridine rings is 2. The first-order chi connectivity index (χ1) is 17.7. The van der Waals surface area contributed by atoms with Gasteiger partial charge in [0.1, 0.15) is 34.6 Å². The van der Waals surface area contributed by atoms with E-state index in [9.17, 15) is 31.6 Å². The molecular formula is C23H23F3N6O5S. The first-order valence-corrected chi connectivity index (χ1v) is 12.7. The normalized spacial score (nSPS) is 14.9. The quantitative estimate of drug-likeness (QED) is 0.352. The zero-order valence-electron chi connectivity index (χ0n) is 20.6. The molecule has 3 aromatic rings. The fourth-order valence-electron chi connectivity index (χ4n) is 3.77. The molecule has 1 aliphatic heterocycles. The number of nitriles is 1. The van der Waals surface area contributed by atoms with Gasteiger partial charge in [0, 0.05) is 50.1 Å². The molecule has 0 atom stereocenters. The van der Waals surface area contributed by atoms with E-state index in [1.54, 1.807) is 37.8 Å². The number of carbonyl (C=O) groups excluding carboxylic acids is 1. The van der Waals surface area contributed by atoms with Crippen molar-refractivity contribution in [2.45, 2.75) is 31.9 Å². The number of aromatic nitrogens is 3. The number of nitrogens with zero attached hydrogens (tertiary/aromatic N) is 6. The number of imidazole rings is 1. The third kappa shape index (κ3) is 5.59. The summed E-state index contributed by atoms with van der Waals surface area (Å²) in [4.78, 5) is 24.3. The summed E-state index contributed by atoms with van der Waals surface area (Å²) in [6.45, 7) is 7.21. The van der Waals surface area contributed by atoms with Gasteiger partial charge in [0.2, 0.25) is 0 Å². The molecule has 202 valence electrons. The van der Waals surface area contributed by atoms with Crippen LogP contribution < -0.4 is 9.08 Å². The van der Waals surface area contributed by atoms with E-state index >= 15 is 0 Å². The Morgan fingerprint density at radius 3 is 2.29 bits per heavy atom. The number of fused-ring (bicyclic) bond motifs is 1. The summed E-state index contributed by atoms with van der Waals surface area (Å²) in [7, 11) is -5.92. The number of rotatable bonds is 4. The van der Waals surface area contributed by atoms with Gasteiger partial charge in [-0.1, -0.05) is 0 Å². The molecule has 0 aromatic carbocycles. The van der Waals surface area contributed by atoms with Crippen LogP contribution in [0.5, 0.6) is 5.75 Å². The molecule has 0 N–H and O–H groups in total. The summed E-state index contributed by atoms with van der Waals surface area (Å²) >= 11 is 0. The van der Waals surface area contributed by atoms with Crippen LogP contribution in [-0.2, 0) is 14.9 Å². The van der Waals surface area contributed by atoms with E-state index in [0.29, 0.717) is 37.6 Å². The van der Waals surface area contributed by atoms with Crippen molar-refractivity contribution in [2.75, 3.05) is 31.1 Å². The lowest BCUT2D eigenvalue weighted by Crippen LogP contribution is -2.50. The molecule has 15 heteroatoms. The highest BCUT2D eigenvalue weighted by molar-refractivity contribution is 7.88. The van der Waals surface area contributed by atoms with E-state index in [0.717, 1.165) is 12.1 Å². The topological polar surface area (TPSA) is 130 Å². The average Bonchev–Trinajstić information content (AvgIpc) is 3.25. The predicted octanol–water partition coefficient (Wildman–Crippen LogP) is 3.55. The second-order valence-corrected chi connectivity index (χ2v) is 10.9. The summed E-state index contributed by atoms with van der Waals surface area (Å²) in [5, 5.41) is 9.45. The van der Waals surface area contributed by atoms with Crippen molar-refractivity contribution in [1.82, 2.24) is 19.3 Å². The summed E-state index contributed by atoms with van der Waals surface area (Å²) in [5.41, 5.74) is -5.62. The molecule has 1 fully saturated rings. The largest absolute Gasteiger partial charge is 0.534 e. The van der Waals surface area contributed by atoms with Gasteiger partial charge in [0.05, 0.1) is 11.9 Å². The van der Waals surface area contributed by atoms with Gasteiger partial charge in [-0.2, -0.15) is 26.9 Å². The first-order valence-electron chi connectivity index (χ1n) is 11.3.